The third-order valence-corrected chi connectivity index (χ3v) is 5.38. The molecule has 6 heteroatoms. The Morgan fingerprint density at radius 1 is 1.36 bits per heavy atom. The maximum atomic E-state index is 13.0. The SMILES string of the molecule is CC(C)N1CCC(CN(C)C(=O)c2cn(C)c(=O)c3[nH]ccc23)CC1. The van der Waals surface area contributed by atoms with E-state index < -0.39 is 0 Å². The van der Waals surface area contributed by atoms with E-state index in [4.69, 9.17) is 0 Å². The number of nitrogens with zero attached hydrogens (tertiary/aromatic N) is 3. The third kappa shape index (κ3) is 3.49. The Bertz CT molecular complexity index is 812. The minimum absolute atomic E-state index is 0.0218. The predicted octanol–water partition coefficient (Wildman–Crippen LogP) is 2.06. The topological polar surface area (TPSA) is 61.3 Å². The summed E-state index contributed by atoms with van der Waals surface area (Å²) in [4.78, 5) is 32.3. The highest BCUT2D eigenvalue weighted by Crippen LogP contribution is 2.21. The van der Waals surface area contributed by atoms with Gasteiger partial charge in [-0.25, -0.2) is 0 Å². The number of amides is 1. The average molecular weight is 344 g/mol. The summed E-state index contributed by atoms with van der Waals surface area (Å²) in [6, 6.07) is 2.40. The standard InChI is InChI=1S/C19H28N4O2/c1-13(2)23-9-6-14(7-10-23)11-21(3)18(24)16-12-22(4)19(25)17-15(16)5-8-20-17/h5,8,12-14,20H,6-7,9-11H2,1-4H3. The van der Waals surface area contributed by atoms with E-state index in [9.17, 15) is 9.59 Å². The first kappa shape index (κ1) is 17.7. The van der Waals surface area contributed by atoms with Gasteiger partial charge in [0.25, 0.3) is 11.5 Å². The van der Waals surface area contributed by atoms with Crippen molar-refractivity contribution in [3.8, 4) is 0 Å². The molecular formula is C19H28N4O2. The molecule has 3 heterocycles. The maximum absolute atomic E-state index is 13.0. The van der Waals surface area contributed by atoms with Gasteiger partial charge in [0.05, 0.1) is 5.56 Å². The van der Waals surface area contributed by atoms with Crippen LogP contribution in [0.2, 0.25) is 0 Å². The van der Waals surface area contributed by atoms with Gasteiger partial charge in [-0.1, -0.05) is 0 Å². The van der Waals surface area contributed by atoms with Crippen LogP contribution in [0.25, 0.3) is 10.9 Å². The molecule has 0 aromatic carbocycles. The molecule has 25 heavy (non-hydrogen) atoms. The zero-order valence-electron chi connectivity index (χ0n) is 15.6. The van der Waals surface area contributed by atoms with Crippen LogP contribution in [0.1, 0.15) is 37.0 Å². The molecule has 0 radical (unpaired) electrons. The highest BCUT2D eigenvalue weighted by atomic mass is 16.2. The second-order valence-electron chi connectivity index (χ2n) is 7.48. The summed E-state index contributed by atoms with van der Waals surface area (Å²) in [6.45, 7) is 7.44. The lowest BCUT2D eigenvalue weighted by atomic mass is 9.95. The largest absolute Gasteiger partial charge is 0.357 e. The lowest BCUT2D eigenvalue weighted by Crippen LogP contribution is -2.42. The maximum Gasteiger partial charge on any atom is 0.274 e. The molecule has 1 N–H and O–H groups in total. The number of aromatic amines is 1. The number of carbonyl (C=O) groups excluding carboxylic acids is 1. The third-order valence-electron chi connectivity index (χ3n) is 5.38. The minimum Gasteiger partial charge on any atom is -0.357 e. The fourth-order valence-corrected chi connectivity index (χ4v) is 3.77. The van der Waals surface area contributed by atoms with Crippen molar-refractivity contribution in [3.05, 3.63) is 34.4 Å². The van der Waals surface area contributed by atoms with E-state index >= 15 is 0 Å². The molecule has 0 bridgehead atoms. The zero-order valence-corrected chi connectivity index (χ0v) is 15.6. The summed E-state index contributed by atoms with van der Waals surface area (Å²) in [5.41, 5.74) is 0.965. The molecule has 6 nitrogen and oxygen atoms in total. The number of carbonyl (C=O) groups is 1. The number of H-pyrrole nitrogens is 1. The first-order chi connectivity index (χ1) is 11.9. The predicted molar refractivity (Wildman–Crippen MR) is 99.9 cm³/mol. The summed E-state index contributed by atoms with van der Waals surface area (Å²) in [5.74, 6) is 0.518. The van der Waals surface area contributed by atoms with Gasteiger partial charge in [0.1, 0.15) is 5.52 Å². The molecule has 2 aromatic rings. The van der Waals surface area contributed by atoms with Gasteiger partial charge in [-0.05, 0) is 51.8 Å². The van der Waals surface area contributed by atoms with Crippen LogP contribution in [0, 0.1) is 5.92 Å². The molecule has 1 aliphatic heterocycles. The van der Waals surface area contributed by atoms with Crippen LogP contribution in [-0.2, 0) is 7.05 Å². The van der Waals surface area contributed by atoms with Gasteiger partial charge in [-0.2, -0.15) is 0 Å². The second kappa shape index (κ2) is 7.04. The number of rotatable bonds is 4. The lowest BCUT2D eigenvalue weighted by molar-refractivity contribution is 0.0727. The van der Waals surface area contributed by atoms with Gasteiger partial charge in [0, 0.05) is 44.5 Å². The van der Waals surface area contributed by atoms with Gasteiger partial charge < -0.3 is 19.4 Å². The lowest BCUT2D eigenvalue weighted by Gasteiger charge is -2.36. The van der Waals surface area contributed by atoms with Crippen molar-refractivity contribution in [3.63, 3.8) is 0 Å². The van der Waals surface area contributed by atoms with Crippen molar-refractivity contribution in [1.29, 1.82) is 0 Å². The Labute approximate surface area is 148 Å². The Morgan fingerprint density at radius 2 is 2.04 bits per heavy atom. The van der Waals surface area contributed by atoms with Crippen LogP contribution in [0.5, 0.6) is 0 Å². The first-order valence-electron chi connectivity index (χ1n) is 9.04. The zero-order chi connectivity index (χ0) is 18.1. The summed E-state index contributed by atoms with van der Waals surface area (Å²) < 4.78 is 1.47. The summed E-state index contributed by atoms with van der Waals surface area (Å²) in [6.07, 6.45) is 5.62. The van der Waals surface area contributed by atoms with Crippen molar-refractivity contribution in [2.45, 2.75) is 32.7 Å². The van der Waals surface area contributed by atoms with Crippen LogP contribution in [-0.4, -0.2) is 58.0 Å². The van der Waals surface area contributed by atoms with Crippen LogP contribution < -0.4 is 5.56 Å². The van der Waals surface area contributed by atoms with Gasteiger partial charge >= 0.3 is 0 Å². The van der Waals surface area contributed by atoms with E-state index in [1.54, 1.807) is 25.5 Å². The molecule has 3 rings (SSSR count). The van der Waals surface area contributed by atoms with E-state index in [1.807, 2.05) is 11.9 Å². The van der Waals surface area contributed by atoms with Gasteiger partial charge in [0.15, 0.2) is 0 Å². The fourth-order valence-electron chi connectivity index (χ4n) is 3.77. The molecule has 0 atom stereocenters. The number of hydrogen-bond acceptors (Lipinski definition) is 3. The highest BCUT2D eigenvalue weighted by Gasteiger charge is 2.24. The molecule has 1 fully saturated rings. The monoisotopic (exact) mass is 344 g/mol. The van der Waals surface area contributed by atoms with Crippen molar-refractivity contribution in [1.82, 2.24) is 19.4 Å². The Morgan fingerprint density at radius 3 is 2.68 bits per heavy atom. The van der Waals surface area contributed by atoms with E-state index in [1.165, 1.54) is 4.57 Å². The molecular weight excluding hydrogens is 316 g/mol. The second-order valence-corrected chi connectivity index (χ2v) is 7.48. The van der Waals surface area contributed by atoms with Gasteiger partial charge in [-0.15, -0.1) is 0 Å². The van der Waals surface area contributed by atoms with Crippen molar-refractivity contribution in [2.75, 3.05) is 26.7 Å². The number of fused-ring (bicyclic) bond motifs is 1. The number of nitrogens with one attached hydrogen (secondary N) is 1. The Balaban J connectivity index is 1.73. The van der Waals surface area contributed by atoms with E-state index in [0.717, 1.165) is 32.5 Å². The molecule has 0 saturated carbocycles. The molecule has 1 aliphatic rings. The Kier molecular flexibility index (Phi) is 4.99. The molecule has 0 aliphatic carbocycles. The highest BCUT2D eigenvalue weighted by molar-refractivity contribution is 6.05. The molecule has 0 spiro atoms. The van der Waals surface area contributed by atoms with E-state index in [-0.39, 0.29) is 11.5 Å². The summed E-state index contributed by atoms with van der Waals surface area (Å²) in [7, 11) is 3.54. The number of aromatic nitrogens is 2. The van der Waals surface area contributed by atoms with Crippen molar-refractivity contribution < 1.29 is 4.79 Å². The number of pyridine rings is 1. The van der Waals surface area contributed by atoms with Crippen molar-refractivity contribution in [2.24, 2.45) is 13.0 Å². The van der Waals surface area contributed by atoms with Crippen LogP contribution in [0.3, 0.4) is 0 Å². The molecule has 1 saturated heterocycles. The smallest absolute Gasteiger partial charge is 0.274 e. The van der Waals surface area contributed by atoms with Crippen LogP contribution in [0.15, 0.2) is 23.3 Å². The fraction of sp³-hybridized carbons (Fsp3) is 0.579. The molecule has 2 aromatic heterocycles. The molecule has 0 unspecified atom stereocenters. The number of hydrogen-bond donors (Lipinski definition) is 1. The Hall–Kier alpha value is -2.08. The van der Waals surface area contributed by atoms with Crippen LogP contribution >= 0.6 is 0 Å². The number of likely N-dealkylation sites (tertiary alicyclic amines) is 1. The summed E-state index contributed by atoms with van der Waals surface area (Å²) in [5, 5.41) is 0.703. The van der Waals surface area contributed by atoms with Crippen molar-refractivity contribution >= 4 is 16.8 Å². The molecule has 136 valence electrons. The van der Waals surface area contributed by atoms with Gasteiger partial charge in [-0.3, -0.25) is 9.59 Å². The first-order valence-corrected chi connectivity index (χ1v) is 9.04. The van der Waals surface area contributed by atoms with Gasteiger partial charge in [0.2, 0.25) is 0 Å². The summed E-state index contributed by atoms with van der Waals surface area (Å²) >= 11 is 0. The minimum atomic E-state index is -0.111. The van der Waals surface area contributed by atoms with E-state index in [2.05, 4.69) is 23.7 Å². The average Bonchev–Trinajstić information content (AvgIpc) is 3.08. The normalized spacial score (nSPS) is 16.7. The number of piperidine rings is 1. The van der Waals surface area contributed by atoms with E-state index in [0.29, 0.717) is 28.4 Å². The molecule has 1 amide bonds. The number of aryl methyl sites for hydroxylation is 1. The quantitative estimate of drug-likeness (QED) is 0.923. The van der Waals surface area contributed by atoms with Crippen LogP contribution in [0.4, 0.5) is 0 Å².